The van der Waals surface area contributed by atoms with Crippen LogP contribution >= 0.6 is 11.8 Å². The normalized spacial score (nSPS) is 10.7. The lowest BCUT2D eigenvalue weighted by atomic mass is 10.1. The Labute approximate surface area is 172 Å². The third kappa shape index (κ3) is 5.51. The number of nitrogens with one attached hydrogen (secondary N) is 2. The number of amides is 3. The van der Waals surface area contributed by atoms with Gasteiger partial charge in [-0.15, -0.1) is 10.2 Å². The molecule has 3 rings (SSSR count). The van der Waals surface area contributed by atoms with E-state index in [9.17, 15) is 14.0 Å². The van der Waals surface area contributed by atoms with Crippen LogP contribution in [0.2, 0.25) is 0 Å². The largest absolute Gasteiger partial charge is 0.338 e. The number of hydrogen-bond donors (Lipinski definition) is 2. The van der Waals surface area contributed by atoms with Gasteiger partial charge in [0.15, 0.2) is 0 Å². The minimum Gasteiger partial charge on any atom is -0.338 e. The zero-order chi connectivity index (χ0) is 20.6. The summed E-state index contributed by atoms with van der Waals surface area (Å²) in [5, 5.41) is 15.8. The summed E-state index contributed by atoms with van der Waals surface area (Å²) in [6.45, 7) is 2.55. The smallest absolute Gasteiger partial charge is 0.321 e. The van der Waals surface area contributed by atoms with E-state index in [-0.39, 0.29) is 11.6 Å². The maximum Gasteiger partial charge on any atom is 0.321 e. The molecule has 0 aliphatic carbocycles. The van der Waals surface area contributed by atoms with Gasteiger partial charge in [-0.05, 0) is 30.7 Å². The van der Waals surface area contributed by atoms with Gasteiger partial charge in [-0.25, -0.2) is 9.18 Å². The molecule has 0 atom stereocenters. The number of nitrogens with zero attached hydrogens (tertiary/aromatic N) is 2. The Bertz CT molecular complexity index is 1010. The molecular formula is C21H21FN4O2S. The maximum absolute atomic E-state index is 13.2. The molecule has 0 aliphatic rings. The summed E-state index contributed by atoms with van der Waals surface area (Å²) in [6, 6.07) is 13.2. The molecule has 0 saturated heterocycles. The zero-order valence-corrected chi connectivity index (χ0v) is 16.8. The quantitative estimate of drug-likeness (QED) is 0.450. The second-order valence-electron chi connectivity index (χ2n) is 6.35. The Hall–Kier alpha value is -3.00. The summed E-state index contributed by atoms with van der Waals surface area (Å²) in [5.74, 6) is -0.684. The molecule has 1 aromatic heterocycles. The maximum atomic E-state index is 13.2. The van der Waals surface area contributed by atoms with Crippen molar-refractivity contribution >= 4 is 34.5 Å². The number of carbonyl (C=O) groups is 2. The molecule has 6 nitrogen and oxygen atoms in total. The fourth-order valence-corrected chi connectivity index (χ4v) is 3.50. The molecule has 1 heterocycles. The van der Waals surface area contributed by atoms with E-state index in [1.807, 2.05) is 31.2 Å². The van der Waals surface area contributed by atoms with Gasteiger partial charge in [0.05, 0.1) is 5.75 Å². The van der Waals surface area contributed by atoms with Gasteiger partial charge in [-0.1, -0.05) is 49.4 Å². The first-order chi connectivity index (χ1) is 14.1. The van der Waals surface area contributed by atoms with Crippen molar-refractivity contribution in [3.63, 3.8) is 0 Å². The number of urea groups is 1. The molecule has 0 radical (unpaired) electrons. The predicted molar refractivity (Wildman–Crippen MR) is 112 cm³/mol. The number of fused-ring (bicyclic) bond motifs is 1. The summed E-state index contributed by atoms with van der Waals surface area (Å²) < 4.78 is 13.2. The van der Waals surface area contributed by atoms with Gasteiger partial charge in [0.2, 0.25) is 5.91 Å². The lowest BCUT2D eigenvalue weighted by Gasteiger charge is -2.09. The zero-order valence-electron chi connectivity index (χ0n) is 15.9. The summed E-state index contributed by atoms with van der Waals surface area (Å²) in [5.41, 5.74) is 1.40. The van der Waals surface area contributed by atoms with Crippen LogP contribution < -0.4 is 10.6 Å². The first-order valence-electron chi connectivity index (χ1n) is 9.30. The van der Waals surface area contributed by atoms with Crippen LogP contribution in [0.15, 0.2) is 53.6 Å². The predicted octanol–water partition coefficient (Wildman–Crippen LogP) is 4.15. The summed E-state index contributed by atoms with van der Waals surface area (Å²) >= 11 is 1.21. The van der Waals surface area contributed by atoms with E-state index in [1.165, 1.54) is 23.9 Å². The number of aromatic nitrogens is 2. The molecule has 29 heavy (non-hydrogen) atoms. The number of unbranched alkanes of at least 4 members (excludes halogenated alkanes) is 1. The minimum absolute atomic E-state index is 0.0375. The van der Waals surface area contributed by atoms with Crippen molar-refractivity contribution in [1.29, 1.82) is 0 Å². The van der Waals surface area contributed by atoms with Gasteiger partial charge in [0.1, 0.15) is 16.5 Å². The Balaban J connectivity index is 1.72. The van der Waals surface area contributed by atoms with Crippen molar-refractivity contribution in [3.8, 4) is 11.3 Å². The molecule has 2 aromatic carbocycles. The molecule has 0 saturated carbocycles. The van der Waals surface area contributed by atoms with E-state index >= 15 is 0 Å². The highest BCUT2D eigenvalue weighted by Gasteiger charge is 2.14. The molecular weight excluding hydrogens is 391 g/mol. The van der Waals surface area contributed by atoms with Crippen LogP contribution in [0.1, 0.15) is 19.8 Å². The number of imide groups is 1. The van der Waals surface area contributed by atoms with E-state index in [0.29, 0.717) is 17.3 Å². The Kier molecular flexibility index (Phi) is 7.13. The highest BCUT2D eigenvalue weighted by atomic mass is 32.2. The number of hydrogen-bond acceptors (Lipinski definition) is 5. The summed E-state index contributed by atoms with van der Waals surface area (Å²) in [7, 11) is 0. The van der Waals surface area contributed by atoms with Crippen LogP contribution in [0.4, 0.5) is 9.18 Å². The second kappa shape index (κ2) is 9.97. The summed E-state index contributed by atoms with van der Waals surface area (Å²) in [6.07, 6.45) is 1.82. The molecule has 0 aliphatic heterocycles. The third-order valence-corrected chi connectivity index (χ3v) is 5.16. The van der Waals surface area contributed by atoms with Crippen molar-refractivity contribution < 1.29 is 14.0 Å². The van der Waals surface area contributed by atoms with Crippen LogP contribution in [0.5, 0.6) is 0 Å². The van der Waals surface area contributed by atoms with E-state index < -0.39 is 11.9 Å². The van der Waals surface area contributed by atoms with Gasteiger partial charge in [0, 0.05) is 22.9 Å². The molecule has 0 spiro atoms. The number of halogens is 1. The van der Waals surface area contributed by atoms with E-state index in [0.717, 1.165) is 29.2 Å². The van der Waals surface area contributed by atoms with Crippen LogP contribution in [-0.2, 0) is 4.79 Å². The number of carbonyl (C=O) groups excluding carboxylic acids is 2. The molecule has 3 amide bonds. The van der Waals surface area contributed by atoms with Gasteiger partial charge < -0.3 is 5.32 Å². The minimum atomic E-state index is -0.494. The van der Waals surface area contributed by atoms with Gasteiger partial charge in [-0.3, -0.25) is 10.1 Å². The van der Waals surface area contributed by atoms with Gasteiger partial charge >= 0.3 is 6.03 Å². The van der Waals surface area contributed by atoms with Crippen molar-refractivity contribution in [1.82, 2.24) is 20.8 Å². The molecule has 150 valence electrons. The van der Waals surface area contributed by atoms with Gasteiger partial charge in [0.25, 0.3) is 0 Å². The summed E-state index contributed by atoms with van der Waals surface area (Å²) in [4.78, 5) is 23.7. The highest BCUT2D eigenvalue weighted by molar-refractivity contribution is 8.00. The molecule has 2 N–H and O–H groups in total. The number of rotatable bonds is 7. The van der Waals surface area contributed by atoms with Crippen LogP contribution in [0, 0.1) is 5.82 Å². The first kappa shape index (κ1) is 20.7. The SMILES string of the molecule is CCCCNC(=O)NC(=O)CSc1nnc(-c2ccc(F)cc2)c2ccccc12. The van der Waals surface area contributed by atoms with Crippen molar-refractivity contribution in [2.45, 2.75) is 24.8 Å². The number of benzene rings is 2. The highest BCUT2D eigenvalue weighted by Crippen LogP contribution is 2.31. The van der Waals surface area contributed by atoms with Gasteiger partial charge in [-0.2, -0.15) is 0 Å². The fourth-order valence-electron chi connectivity index (χ4n) is 2.73. The Morgan fingerprint density at radius 2 is 1.76 bits per heavy atom. The van der Waals surface area contributed by atoms with Crippen molar-refractivity contribution in [3.05, 3.63) is 54.3 Å². The molecule has 0 fully saturated rings. The van der Waals surface area contributed by atoms with Crippen LogP contribution in [0.3, 0.4) is 0 Å². The van der Waals surface area contributed by atoms with E-state index in [4.69, 9.17) is 0 Å². The third-order valence-electron chi connectivity index (χ3n) is 4.18. The lowest BCUT2D eigenvalue weighted by Crippen LogP contribution is -2.40. The van der Waals surface area contributed by atoms with Crippen LogP contribution in [-0.4, -0.2) is 34.4 Å². The standard InChI is InChI=1S/C21H21FN4O2S/c1-2-3-12-23-21(28)24-18(27)13-29-20-17-7-5-4-6-16(17)19(25-26-20)14-8-10-15(22)11-9-14/h4-11H,2-3,12-13H2,1H3,(H2,23,24,27,28). The van der Waals surface area contributed by atoms with E-state index in [1.54, 1.807) is 12.1 Å². The monoisotopic (exact) mass is 412 g/mol. The lowest BCUT2D eigenvalue weighted by molar-refractivity contribution is -0.117. The average molecular weight is 412 g/mol. The van der Waals surface area contributed by atoms with Crippen molar-refractivity contribution in [2.24, 2.45) is 0 Å². The molecule has 0 unspecified atom stereocenters. The molecule has 0 bridgehead atoms. The second-order valence-corrected chi connectivity index (χ2v) is 7.32. The molecule has 3 aromatic rings. The van der Waals surface area contributed by atoms with Crippen LogP contribution in [0.25, 0.3) is 22.0 Å². The topological polar surface area (TPSA) is 84.0 Å². The molecule has 8 heteroatoms. The van der Waals surface area contributed by atoms with Crippen molar-refractivity contribution in [2.75, 3.05) is 12.3 Å². The Morgan fingerprint density at radius 1 is 1.03 bits per heavy atom. The Morgan fingerprint density at radius 3 is 2.48 bits per heavy atom. The first-order valence-corrected chi connectivity index (χ1v) is 10.3. The average Bonchev–Trinajstić information content (AvgIpc) is 2.73. The van der Waals surface area contributed by atoms with E-state index in [2.05, 4.69) is 20.8 Å². The fraction of sp³-hybridized carbons (Fsp3) is 0.238. The number of thioether (sulfide) groups is 1.